The Morgan fingerprint density at radius 3 is 2.67 bits per heavy atom. The van der Waals surface area contributed by atoms with Crippen LogP contribution >= 0.6 is 22.6 Å². The molecule has 3 aliphatic rings. The number of methoxy groups -OCH3 is 1. The Kier molecular flexibility index (Phi) is 6.64. The van der Waals surface area contributed by atoms with Crippen molar-refractivity contribution in [3.05, 3.63) is 58.3 Å². The van der Waals surface area contributed by atoms with Crippen LogP contribution in [0.25, 0.3) is 0 Å². The molecule has 4 atom stereocenters. The van der Waals surface area contributed by atoms with E-state index >= 15 is 0 Å². The molecule has 4 N–H and O–H groups in total. The predicted octanol–water partition coefficient (Wildman–Crippen LogP) is 0.848. The summed E-state index contributed by atoms with van der Waals surface area (Å²) in [6.07, 6.45) is 8.69. The van der Waals surface area contributed by atoms with Gasteiger partial charge in [0.15, 0.2) is 0 Å². The Morgan fingerprint density at radius 1 is 1.33 bits per heavy atom. The molecule has 4 unspecified atom stereocenters. The van der Waals surface area contributed by atoms with E-state index in [9.17, 15) is 10.2 Å². The van der Waals surface area contributed by atoms with Crippen molar-refractivity contribution in [2.75, 3.05) is 16.5 Å². The Labute approximate surface area is 184 Å². The molecule has 150 valence electrons. The molecule has 7 heteroatoms. The molecule has 0 aromatic rings. The minimum atomic E-state index is -0.286. The van der Waals surface area contributed by atoms with Crippen molar-refractivity contribution in [1.82, 2.24) is 0 Å². The molecular weight excluding hydrogens is 572 g/mol. The van der Waals surface area contributed by atoms with Crippen molar-refractivity contribution in [3.63, 3.8) is 0 Å². The van der Waals surface area contributed by atoms with E-state index in [0.717, 1.165) is 15.6 Å². The van der Waals surface area contributed by atoms with Gasteiger partial charge in [-0.2, -0.15) is 0 Å². The third kappa shape index (κ3) is 3.97. The molecule has 27 heavy (non-hydrogen) atoms. The van der Waals surface area contributed by atoms with Crippen LogP contribution in [-0.4, -0.2) is 36.2 Å². The van der Waals surface area contributed by atoms with Gasteiger partial charge in [0.25, 0.3) is 0 Å². The Bertz CT molecular complexity index is 768. The second-order valence-electron chi connectivity index (χ2n) is 7.22. The zero-order chi connectivity index (χ0) is 19.8. The summed E-state index contributed by atoms with van der Waals surface area (Å²) in [5, 5.41) is 20.7. The van der Waals surface area contributed by atoms with Crippen molar-refractivity contribution in [2.24, 2.45) is 17.7 Å². The molecule has 0 fully saturated rings. The van der Waals surface area contributed by atoms with Crippen LogP contribution in [0.2, 0.25) is 0 Å². The number of aliphatic hydroxyl groups excluding tert-OH is 2. The molecule has 0 heterocycles. The second-order valence-corrected chi connectivity index (χ2v) is 11.5. The van der Waals surface area contributed by atoms with E-state index in [0.29, 0.717) is 24.5 Å². The first kappa shape index (κ1) is 21.2. The van der Waals surface area contributed by atoms with Crippen LogP contribution in [0.4, 0.5) is 0 Å². The van der Waals surface area contributed by atoms with E-state index in [2.05, 4.69) is 40.5 Å². The summed E-state index contributed by atoms with van der Waals surface area (Å²) < 4.78 is 6.66. The van der Waals surface area contributed by atoms with Gasteiger partial charge >= 0.3 is 185 Å². The zero-order valence-electron chi connectivity index (χ0n) is 15.7. The van der Waals surface area contributed by atoms with Crippen LogP contribution in [0, 0.1) is 11.8 Å². The third-order valence-corrected chi connectivity index (χ3v) is 9.98. The van der Waals surface area contributed by atoms with Gasteiger partial charge in [-0.05, 0) is 0 Å². The first-order chi connectivity index (χ1) is 12.9. The third-order valence-electron chi connectivity index (χ3n) is 5.71. The van der Waals surface area contributed by atoms with Gasteiger partial charge < -0.3 is 0 Å². The molecule has 0 aliphatic heterocycles. The number of rotatable bonds is 5. The van der Waals surface area contributed by atoms with Gasteiger partial charge in [0.2, 0.25) is 0 Å². The summed E-state index contributed by atoms with van der Waals surface area (Å²) in [7, 11) is 1.64. The summed E-state index contributed by atoms with van der Waals surface area (Å²) >= 11 is 2.40. The van der Waals surface area contributed by atoms with Crippen LogP contribution in [-0.2, 0) is 9.57 Å². The van der Waals surface area contributed by atoms with Crippen molar-refractivity contribution >= 4 is 22.6 Å². The maximum atomic E-state index is 10.5. The van der Waals surface area contributed by atoms with E-state index in [4.69, 9.17) is 15.5 Å². The molecule has 0 spiro atoms. The van der Waals surface area contributed by atoms with Gasteiger partial charge in [-0.25, -0.2) is 0 Å². The molecule has 3 aliphatic carbocycles. The number of aliphatic hydroxyl groups is 2. The maximum absolute atomic E-state index is 10.5. The second kappa shape index (κ2) is 8.46. The molecule has 0 saturated heterocycles. The summed E-state index contributed by atoms with van der Waals surface area (Å²) in [6, 6.07) is 0. The first-order valence-electron chi connectivity index (χ1n) is 8.81. The fourth-order valence-corrected chi connectivity index (χ4v) is 8.42. The molecule has 0 aromatic heterocycles. The molecular formula is C20H26I2NO4-. The molecule has 0 bridgehead atoms. The molecule has 0 amide bonds. The summed E-state index contributed by atoms with van der Waals surface area (Å²) in [6.45, 7) is 2.34. The standard InChI is InChI=1S/C20H26I2NO4/c1-20(22-2)9-16(11-4-12(24)6-13(5-11)27-23)14-7-18(25)19(26-3)8-15(14)17(20)10-21/h5-7,9,11,17,19,24-25H,4,8,10,23H2,1-3H3/q-1. The summed E-state index contributed by atoms with van der Waals surface area (Å²) in [5.74, 6) is 6.73. The molecule has 5 nitrogen and oxygen atoms in total. The van der Waals surface area contributed by atoms with Crippen molar-refractivity contribution in [3.8, 4) is 0 Å². The van der Waals surface area contributed by atoms with Crippen LogP contribution < -0.4 is 27.1 Å². The van der Waals surface area contributed by atoms with Crippen LogP contribution in [0.5, 0.6) is 0 Å². The van der Waals surface area contributed by atoms with E-state index in [1.807, 2.05) is 12.2 Å². The van der Waals surface area contributed by atoms with Gasteiger partial charge in [0.05, 0.1) is 0 Å². The molecule has 0 radical (unpaired) electrons. The number of halogens is 2. The molecule has 3 rings (SSSR count). The number of ether oxygens (including phenoxy) is 1. The van der Waals surface area contributed by atoms with E-state index < -0.39 is 0 Å². The van der Waals surface area contributed by atoms with Crippen LogP contribution in [0.3, 0.4) is 0 Å². The van der Waals surface area contributed by atoms with Crippen molar-refractivity contribution in [1.29, 1.82) is 0 Å². The number of hydrogen-bond acceptors (Lipinski definition) is 5. The van der Waals surface area contributed by atoms with E-state index in [1.165, 1.54) is 5.57 Å². The number of alkyl halides is 3. The Balaban J connectivity index is 2.13. The fraction of sp³-hybridized carbons (Fsp3) is 0.500. The Morgan fingerprint density at radius 2 is 2.07 bits per heavy atom. The predicted molar refractivity (Wildman–Crippen MR) is 110 cm³/mol. The molecule has 0 aromatic carbocycles. The zero-order valence-corrected chi connectivity index (χ0v) is 20.0. The number of nitrogens with two attached hydrogens (primary N) is 1. The van der Waals surface area contributed by atoms with Gasteiger partial charge in [-0.3, -0.25) is 0 Å². The first-order valence-corrected chi connectivity index (χ1v) is 13.6. The Hall–Kier alpha value is -0.520. The fourth-order valence-electron chi connectivity index (χ4n) is 4.14. The van der Waals surface area contributed by atoms with E-state index in [-0.39, 0.29) is 48.2 Å². The minimum absolute atomic E-state index is 0.0354. The van der Waals surface area contributed by atoms with Crippen molar-refractivity contribution in [2.45, 2.75) is 29.3 Å². The normalized spacial score (nSPS) is 33.7. The summed E-state index contributed by atoms with van der Waals surface area (Å²) in [5.41, 5.74) is 3.59. The van der Waals surface area contributed by atoms with Crippen LogP contribution in [0.1, 0.15) is 19.8 Å². The number of allylic oxidation sites excluding steroid dienone is 7. The topological polar surface area (TPSA) is 84.9 Å². The SMILES string of the molecule is COC1CC2=C(C=C1O)C(C1C=C(ON)C=C(O)C1)=CC(C)([I-]C)C2CI. The average Bonchev–Trinajstić information content (AvgIpc) is 2.66. The summed E-state index contributed by atoms with van der Waals surface area (Å²) in [4.78, 5) is 7.22. The van der Waals surface area contributed by atoms with E-state index in [1.54, 1.807) is 13.2 Å². The van der Waals surface area contributed by atoms with Crippen molar-refractivity contribution < 1.29 is 41.0 Å². The van der Waals surface area contributed by atoms with Gasteiger partial charge in [-0.15, -0.1) is 0 Å². The number of hydrogen-bond donors (Lipinski definition) is 3. The quantitative estimate of drug-likeness (QED) is 0.249. The van der Waals surface area contributed by atoms with Gasteiger partial charge in [-0.1, -0.05) is 0 Å². The average molecular weight is 598 g/mol. The van der Waals surface area contributed by atoms with Crippen LogP contribution in [0.15, 0.2) is 58.3 Å². The monoisotopic (exact) mass is 598 g/mol. The molecule has 0 saturated carbocycles. The van der Waals surface area contributed by atoms with Gasteiger partial charge in [0.1, 0.15) is 0 Å². The van der Waals surface area contributed by atoms with Gasteiger partial charge in [0, 0.05) is 0 Å².